The molecule has 0 unspecified atom stereocenters. The van der Waals surface area contributed by atoms with E-state index in [1.54, 1.807) is 24.3 Å². The van der Waals surface area contributed by atoms with Crippen molar-refractivity contribution in [2.45, 2.75) is 6.54 Å². The zero-order valence-electron chi connectivity index (χ0n) is 11.0. The predicted molar refractivity (Wildman–Crippen MR) is 70.1 cm³/mol. The number of aliphatic carboxylic acids is 1. The summed E-state index contributed by atoms with van der Waals surface area (Å²) in [7, 11) is 1.31. The van der Waals surface area contributed by atoms with Crippen molar-refractivity contribution >= 4 is 17.8 Å². The number of hydrogen-bond acceptors (Lipinski definition) is 5. The summed E-state index contributed by atoms with van der Waals surface area (Å²) >= 11 is 0. The van der Waals surface area contributed by atoms with Crippen LogP contribution in [-0.4, -0.2) is 43.2 Å². The third-order valence-electron chi connectivity index (χ3n) is 2.43. The van der Waals surface area contributed by atoms with Crippen molar-refractivity contribution in [2.75, 3.05) is 20.2 Å². The molecule has 1 rings (SSSR count). The summed E-state index contributed by atoms with van der Waals surface area (Å²) in [5.74, 6) is -1.88. The fourth-order valence-corrected chi connectivity index (χ4v) is 1.43. The molecule has 1 aromatic carbocycles. The van der Waals surface area contributed by atoms with Crippen LogP contribution in [0.25, 0.3) is 0 Å². The average molecular weight is 280 g/mol. The van der Waals surface area contributed by atoms with Gasteiger partial charge in [0.05, 0.1) is 19.2 Å². The van der Waals surface area contributed by atoms with Gasteiger partial charge in [-0.2, -0.15) is 0 Å². The number of carbonyl (C=O) groups is 3. The molecule has 20 heavy (non-hydrogen) atoms. The third-order valence-corrected chi connectivity index (χ3v) is 2.43. The van der Waals surface area contributed by atoms with Crippen molar-refractivity contribution in [1.82, 2.24) is 10.6 Å². The van der Waals surface area contributed by atoms with Crippen molar-refractivity contribution in [2.24, 2.45) is 0 Å². The Kier molecular flexibility index (Phi) is 6.18. The van der Waals surface area contributed by atoms with Crippen molar-refractivity contribution in [3.8, 4) is 0 Å². The summed E-state index contributed by atoms with van der Waals surface area (Å²) in [5, 5.41) is 13.5. The van der Waals surface area contributed by atoms with Crippen LogP contribution in [-0.2, 0) is 20.9 Å². The Morgan fingerprint density at radius 1 is 1.15 bits per heavy atom. The van der Waals surface area contributed by atoms with Crippen LogP contribution in [0.3, 0.4) is 0 Å². The van der Waals surface area contributed by atoms with E-state index in [2.05, 4.69) is 15.4 Å². The standard InChI is InChI=1S/C13H16N2O5/c1-20-13(19)10-4-2-9(3-5-10)6-14-7-11(16)15-8-12(17)18/h2-5,14H,6-8H2,1H3,(H,15,16)(H,17,18). The zero-order chi connectivity index (χ0) is 15.0. The van der Waals surface area contributed by atoms with Crippen molar-refractivity contribution in [3.05, 3.63) is 35.4 Å². The molecule has 0 aromatic heterocycles. The van der Waals surface area contributed by atoms with Crippen LogP contribution in [0.5, 0.6) is 0 Å². The Morgan fingerprint density at radius 3 is 2.35 bits per heavy atom. The topological polar surface area (TPSA) is 105 Å². The molecule has 0 aliphatic heterocycles. The number of ether oxygens (including phenoxy) is 1. The Labute approximate surface area is 115 Å². The molecular weight excluding hydrogens is 264 g/mol. The first-order valence-electron chi connectivity index (χ1n) is 5.89. The van der Waals surface area contributed by atoms with E-state index in [9.17, 15) is 14.4 Å². The molecule has 0 aliphatic rings. The van der Waals surface area contributed by atoms with Crippen LogP contribution in [0.4, 0.5) is 0 Å². The quantitative estimate of drug-likeness (QED) is 0.596. The molecule has 7 nitrogen and oxygen atoms in total. The first-order chi connectivity index (χ1) is 9.52. The molecule has 1 amide bonds. The minimum atomic E-state index is -1.09. The van der Waals surface area contributed by atoms with Crippen LogP contribution in [0.2, 0.25) is 0 Å². The smallest absolute Gasteiger partial charge is 0.337 e. The summed E-state index contributed by atoms with van der Waals surface area (Å²) in [6, 6.07) is 6.75. The number of carbonyl (C=O) groups excluding carboxylic acids is 2. The maximum absolute atomic E-state index is 11.2. The highest BCUT2D eigenvalue weighted by molar-refractivity contribution is 5.89. The van der Waals surface area contributed by atoms with E-state index in [0.29, 0.717) is 12.1 Å². The molecule has 0 atom stereocenters. The molecule has 108 valence electrons. The van der Waals surface area contributed by atoms with Gasteiger partial charge >= 0.3 is 11.9 Å². The lowest BCUT2D eigenvalue weighted by Gasteiger charge is -2.06. The first kappa shape index (κ1) is 15.6. The summed E-state index contributed by atoms with van der Waals surface area (Å²) in [6.45, 7) is 0.0579. The fraction of sp³-hybridized carbons (Fsp3) is 0.308. The van der Waals surface area contributed by atoms with E-state index in [-0.39, 0.29) is 6.54 Å². The average Bonchev–Trinajstić information content (AvgIpc) is 2.45. The molecule has 0 fully saturated rings. The summed E-state index contributed by atoms with van der Waals surface area (Å²) in [6.07, 6.45) is 0. The second kappa shape index (κ2) is 7.90. The van der Waals surface area contributed by atoms with Crippen molar-refractivity contribution < 1.29 is 24.2 Å². The van der Waals surface area contributed by atoms with Crippen molar-refractivity contribution in [1.29, 1.82) is 0 Å². The summed E-state index contributed by atoms with van der Waals surface area (Å²) in [5.41, 5.74) is 1.35. The number of amides is 1. The molecule has 0 saturated heterocycles. The molecule has 3 N–H and O–H groups in total. The number of methoxy groups -OCH3 is 1. The molecule has 0 aliphatic carbocycles. The SMILES string of the molecule is COC(=O)c1ccc(CNCC(=O)NCC(=O)O)cc1. The maximum Gasteiger partial charge on any atom is 0.337 e. The van der Waals surface area contributed by atoms with Gasteiger partial charge in [-0.05, 0) is 17.7 Å². The monoisotopic (exact) mass is 280 g/mol. The Balaban J connectivity index is 2.33. The van der Waals surface area contributed by atoms with Gasteiger partial charge in [-0.15, -0.1) is 0 Å². The molecule has 0 bridgehead atoms. The maximum atomic E-state index is 11.2. The second-order valence-corrected chi connectivity index (χ2v) is 3.96. The lowest BCUT2D eigenvalue weighted by Crippen LogP contribution is -2.36. The van der Waals surface area contributed by atoms with Gasteiger partial charge in [-0.3, -0.25) is 9.59 Å². The Morgan fingerprint density at radius 2 is 1.80 bits per heavy atom. The zero-order valence-corrected chi connectivity index (χ0v) is 11.0. The van der Waals surface area contributed by atoms with E-state index in [0.717, 1.165) is 5.56 Å². The first-order valence-corrected chi connectivity index (χ1v) is 5.89. The third kappa shape index (κ3) is 5.49. The highest BCUT2D eigenvalue weighted by Crippen LogP contribution is 2.05. The molecular formula is C13H16N2O5. The van der Waals surface area contributed by atoms with Gasteiger partial charge in [0.15, 0.2) is 0 Å². The highest BCUT2D eigenvalue weighted by Gasteiger charge is 2.05. The minimum absolute atomic E-state index is 0.0199. The van der Waals surface area contributed by atoms with Gasteiger partial charge in [0.1, 0.15) is 6.54 Å². The predicted octanol–water partition coefficient (Wildman–Crippen LogP) is -0.236. The van der Waals surface area contributed by atoms with Gasteiger partial charge in [0.25, 0.3) is 0 Å². The number of carboxylic acids is 1. The van der Waals surface area contributed by atoms with E-state index < -0.39 is 24.4 Å². The van der Waals surface area contributed by atoms with Gasteiger partial charge in [0, 0.05) is 6.54 Å². The number of nitrogens with one attached hydrogen (secondary N) is 2. The van der Waals surface area contributed by atoms with Gasteiger partial charge < -0.3 is 20.5 Å². The molecule has 0 saturated carbocycles. The number of rotatable bonds is 7. The summed E-state index contributed by atoms with van der Waals surface area (Å²) < 4.78 is 4.58. The number of benzene rings is 1. The van der Waals surface area contributed by atoms with E-state index in [1.807, 2.05) is 0 Å². The van der Waals surface area contributed by atoms with Crippen LogP contribution in [0, 0.1) is 0 Å². The lowest BCUT2D eigenvalue weighted by molar-refractivity contribution is -0.137. The Hall–Kier alpha value is -2.41. The Bertz CT molecular complexity index is 484. The second-order valence-electron chi connectivity index (χ2n) is 3.96. The number of hydrogen-bond donors (Lipinski definition) is 3. The molecule has 7 heteroatoms. The summed E-state index contributed by atoms with van der Waals surface area (Å²) in [4.78, 5) is 32.7. The minimum Gasteiger partial charge on any atom is -0.480 e. The molecule has 0 spiro atoms. The number of carboxylic acid groups (broad SMARTS) is 1. The van der Waals surface area contributed by atoms with Gasteiger partial charge in [-0.1, -0.05) is 12.1 Å². The number of esters is 1. The molecule has 0 heterocycles. The largest absolute Gasteiger partial charge is 0.480 e. The van der Waals surface area contributed by atoms with Crippen LogP contribution in [0.15, 0.2) is 24.3 Å². The fourth-order valence-electron chi connectivity index (χ4n) is 1.43. The molecule has 1 aromatic rings. The lowest BCUT2D eigenvalue weighted by atomic mass is 10.1. The highest BCUT2D eigenvalue weighted by atomic mass is 16.5. The van der Waals surface area contributed by atoms with Crippen molar-refractivity contribution in [3.63, 3.8) is 0 Å². The van der Waals surface area contributed by atoms with E-state index in [4.69, 9.17) is 5.11 Å². The van der Waals surface area contributed by atoms with Crippen LogP contribution >= 0.6 is 0 Å². The normalized spacial score (nSPS) is 9.85. The van der Waals surface area contributed by atoms with Gasteiger partial charge in [0.2, 0.25) is 5.91 Å². The van der Waals surface area contributed by atoms with Crippen LogP contribution < -0.4 is 10.6 Å². The van der Waals surface area contributed by atoms with E-state index in [1.165, 1.54) is 7.11 Å². The molecule has 0 radical (unpaired) electrons. The van der Waals surface area contributed by atoms with Crippen LogP contribution in [0.1, 0.15) is 15.9 Å². The van der Waals surface area contributed by atoms with E-state index >= 15 is 0 Å². The van der Waals surface area contributed by atoms with Gasteiger partial charge in [-0.25, -0.2) is 4.79 Å².